The van der Waals surface area contributed by atoms with E-state index >= 15 is 0 Å². The summed E-state index contributed by atoms with van der Waals surface area (Å²) in [6.45, 7) is 3.79. The van der Waals surface area contributed by atoms with Crippen LogP contribution in [0.3, 0.4) is 0 Å². The van der Waals surface area contributed by atoms with Gasteiger partial charge in [-0.2, -0.15) is 10.1 Å². The average molecular weight is 389 g/mol. The van der Waals surface area contributed by atoms with Gasteiger partial charge in [-0.15, -0.1) is 5.10 Å². The molecule has 0 aliphatic rings. The van der Waals surface area contributed by atoms with Gasteiger partial charge in [-0.05, 0) is 32.0 Å². The molecule has 8 nitrogen and oxygen atoms in total. The van der Waals surface area contributed by atoms with Crippen molar-refractivity contribution in [3.05, 3.63) is 41.4 Å². The smallest absolute Gasteiger partial charge is 0.225 e. The summed E-state index contributed by atoms with van der Waals surface area (Å²) in [6, 6.07) is 5.54. The maximum atomic E-state index is 6.47. The standard InChI is InChI=1S/C18H21ClN6O2/c1-10-13(9-20-23-10)16(19)11(2)21-18-22-17(24-25(18)3)12-6-7-14(26-4)15(8-12)27-5/h6-9H,1-5H3,(H,20,23)(H,21,22,24)/b16-11-. The van der Waals surface area contributed by atoms with Gasteiger partial charge in [0.1, 0.15) is 0 Å². The molecule has 0 spiro atoms. The molecule has 0 aliphatic carbocycles. The van der Waals surface area contributed by atoms with Crippen LogP contribution >= 0.6 is 11.6 Å². The van der Waals surface area contributed by atoms with Gasteiger partial charge >= 0.3 is 0 Å². The highest BCUT2D eigenvalue weighted by Gasteiger charge is 2.14. The molecular weight excluding hydrogens is 368 g/mol. The average Bonchev–Trinajstić information content (AvgIpc) is 3.26. The normalized spacial score (nSPS) is 11.9. The summed E-state index contributed by atoms with van der Waals surface area (Å²) in [6.07, 6.45) is 1.69. The summed E-state index contributed by atoms with van der Waals surface area (Å²) in [5.74, 6) is 2.39. The quantitative estimate of drug-likeness (QED) is 0.671. The van der Waals surface area contributed by atoms with E-state index in [1.165, 1.54) is 0 Å². The van der Waals surface area contributed by atoms with Crippen molar-refractivity contribution in [1.82, 2.24) is 25.0 Å². The van der Waals surface area contributed by atoms with E-state index in [0.29, 0.717) is 28.3 Å². The Kier molecular flexibility index (Phi) is 5.36. The first kappa shape index (κ1) is 18.8. The Labute approximate surface area is 162 Å². The van der Waals surface area contributed by atoms with E-state index in [4.69, 9.17) is 21.1 Å². The van der Waals surface area contributed by atoms with Crippen molar-refractivity contribution in [2.45, 2.75) is 13.8 Å². The van der Waals surface area contributed by atoms with E-state index in [0.717, 1.165) is 22.5 Å². The zero-order valence-electron chi connectivity index (χ0n) is 15.8. The molecule has 27 heavy (non-hydrogen) atoms. The highest BCUT2D eigenvalue weighted by molar-refractivity contribution is 6.49. The lowest BCUT2D eigenvalue weighted by molar-refractivity contribution is 0.355. The van der Waals surface area contributed by atoms with Crippen LogP contribution < -0.4 is 14.8 Å². The Morgan fingerprint density at radius 2 is 1.96 bits per heavy atom. The SMILES string of the molecule is COc1ccc(-c2nc(N/C(C)=C(\Cl)c3cn[nH]c3C)n(C)n2)cc1OC. The molecule has 0 unspecified atom stereocenters. The Balaban J connectivity index is 1.90. The Bertz CT molecular complexity index is 992. The first-order chi connectivity index (χ1) is 12.9. The second-order valence-electron chi connectivity index (χ2n) is 5.93. The number of methoxy groups -OCH3 is 2. The first-order valence-corrected chi connectivity index (χ1v) is 8.59. The van der Waals surface area contributed by atoms with Crippen LogP contribution in [0.2, 0.25) is 0 Å². The van der Waals surface area contributed by atoms with Crippen molar-refractivity contribution in [2.75, 3.05) is 19.5 Å². The summed E-state index contributed by atoms with van der Waals surface area (Å²) >= 11 is 6.47. The van der Waals surface area contributed by atoms with Gasteiger partial charge in [0.25, 0.3) is 0 Å². The number of hydrogen-bond donors (Lipinski definition) is 2. The van der Waals surface area contributed by atoms with Gasteiger partial charge in [0.15, 0.2) is 17.3 Å². The van der Waals surface area contributed by atoms with Gasteiger partial charge in [-0.25, -0.2) is 4.68 Å². The molecule has 0 atom stereocenters. The molecule has 1 aromatic carbocycles. The lowest BCUT2D eigenvalue weighted by Crippen LogP contribution is -2.04. The van der Waals surface area contributed by atoms with Crippen LogP contribution in [0.5, 0.6) is 11.5 Å². The van der Waals surface area contributed by atoms with Crippen LogP contribution in [-0.4, -0.2) is 39.2 Å². The first-order valence-electron chi connectivity index (χ1n) is 8.21. The van der Waals surface area contributed by atoms with Crippen LogP contribution in [-0.2, 0) is 7.05 Å². The third-order valence-corrected chi connectivity index (χ3v) is 4.59. The fraction of sp³-hybridized carbons (Fsp3) is 0.278. The van der Waals surface area contributed by atoms with Crippen LogP contribution in [0, 0.1) is 6.92 Å². The van der Waals surface area contributed by atoms with Gasteiger partial charge in [-0.3, -0.25) is 5.10 Å². The lowest BCUT2D eigenvalue weighted by Gasteiger charge is -2.08. The van der Waals surface area contributed by atoms with E-state index in [1.54, 1.807) is 25.1 Å². The number of aromatic nitrogens is 5. The maximum Gasteiger partial charge on any atom is 0.225 e. The van der Waals surface area contributed by atoms with E-state index in [1.807, 2.05) is 39.1 Å². The fourth-order valence-corrected chi connectivity index (χ4v) is 2.83. The molecule has 0 fully saturated rings. The maximum absolute atomic E-state index is 6.47. The number of benzene rings is 1. The fourth-order valence-electron chi connectivity index (χ4n) is 2.59. The number of ether oxygens (including phenoxy) is 2. The lowest BCUT2D eigenvalue weighted by atomic mass is 10.2. The molecular formula is C18H21ClN6O2. The number of aromatic amines is 1. The molecule has 3 aromatic rings. The van der Waals surface area contributed by atoms with Crippen molar-refractivity contribution in [1.29, 1.82) is 0 Å². The van der Waals surface area contributed by atoms with Crippen molar-refractivity contribution in [2.24, 2.45) is 7.05 Å². The highest BCUT2D eigenvalue weighted by atomic mass is 35.5. The topological polar surface area (TPSA) is 89.9 Å². The van der Waals surface area contributed by atoms with Gasteiger partial charge in [0.05, 0.1) is 25.4 Å². The number of hydrogen-bond acceptors (Lipinski definition) is 6. The molecule has 0 radical (unpaired) electrons. The van der Waals surface area contributed by atoms with Gasteiger partial charge < -0.3 is 14.8 Å². The number of rotatable bonds is 6. The Hall–Kier alpha value is -3.00. The number of H-pyrrole nitrogens is 1. The third kappa shape index (κ3) is 3.75. The number of nitrogens with one attached hydrogen (secondary N) is 2. The predicted molar refractivity (Wildman–Crippen MR) is 105 cm³/mol. The third-order valence-electron chi connectivity index (χ3n) is 4.10. The minimum Gasteiger partial charge on any atom is -0.493 e. The van der Waals surface area contributed by atoms with E-state index in [-0.39, 0.29) is 0 Å². The van der Waals surface area contributed by atoms with Crippen molar-refractivity contribution in [3.63, 3.8) is 0 Å². The van der Waals surface area contributed by atoms with E-state index in [9.17, 15) is 0 Å². The van der Waals surface area contributed by atoms with Crippen molar-refractivity contribution in [3.8, 4) is 22.9 Å². The number of anilines is 1. The van der Waals surface area contributed by atoms with Gasteiger partial charge in [0, 0.05) is 29.6 Å². The molecule has 2 N–H and O–H groups in total. The van der Waals surface area contributed by atoms with Crippen LogP contribution in [0.1, 0.15) is 18.2 Å². The highest BCUT2D eigenvalue weighted by Crippen LogP contribution is 2.32. The summed E-state index contributed by atoms with van der Waals surface area (Å²) in [5.41, 5.74) is 3.29. The second kappa shape index (κ2) is 7.71. The summed E-state index contributed by atoms with van der Waals surface area (Å²) in [7, 11) is 5.00. The molecule has 142 valence electrons. The molecule has 2 heterocycles. The summed E-state index contributed by atoms with van der Waals surface area (Å²) < 4.78 is 12.3. The predicted octanol–water partition coefficient (Wildman–Crippen LogP) is 3.57. The molecule has 0 amide bonds. The minimum atomic E-state index is 0.560. The number of allylic oxidation sites excluding steroid dienone is 1. The molecule has 2 aromatic heterocycles. The van der Waals surface area contributed by atoms with Crippen LogP contribution in [0.15, 0.2) is 30.1 Å². The number of halogens is 1. The monoisotopic (exact) mass is 388 g/mol. The van der Waals surface area contributed by atoms with E-state index in [2.05, 4.69) is 25.6 Å². The molecule has 0 bridgehead atoms. The molecule has 0 aliphatic heterocycles. The summed E-state index contributed by atoms with van der Waals surface area (Å²) in [5, 5.41) is 15.1. The van der Waals surface area contributed by atoms with Gasteiger partial charge in [0.2, 0.25) is 5.95 Å². The number of nitrogens with zero attached hydrogens (tertiary/aromatic N) is 4. The van der Waals surface area contributed by atoms with Crippen LogP contribution in [0.25, 0.3) is 16.4 Å². The molecule has 9 heteroatoms. The second-order valence-corrected chi connectivity index (χ2v) is 6.30. The van der Waals surface area contributed by atoms with Crippen molar-refractivity contribution < 1.29 is 9.47 Å². The van der Waals surface area contributed by atoms with Crippen LogP contribution in [0.4, 0.5) is 5.95 Å². The molecule has 0 saturated heterocycles. The van der Waals surface area contributed by atoms with Gasteiger partial charge in [-0.1, -0.05) is 11.6 Å². The van der Waals surface area contributed by atoms with Crippen molar-refractivity contribution >= 4 is 22.6 Å². The molecule has 0 saturated carbocycles. The molecule has 3 rings (SSSR count). The minimum absolute atomic E-state index is 0.560. The summed E-state index contributed by atoms with van der Waals surface area (Å²) in [4.78, 5) is 4.57. The number of aryl methyl sites for hydroxylation is 2. The Morgan fingerprint density at radius 3 is 2.59 bits per heavy atom. The zero-order valence-corrected chi connectivity index (χ0v) is 16.5. The zero-order chi connectivity index (χ0) is 19.6. The largest absolute Gasteiger partial charge is 0.493 e. The Morgan fingerprint density at radius 1 is 1.22 bits per heavy atom. The van der Waals surface area contributed by atoms with E-state index < -0.39 is 0 Å².